The monoisotopic (exact) mass is 366 g/mol. The summed E-state index contributed by atoms with van der Waals surface area (Å²) in [5.41, 5.74) is 8.82. The van der Waals surface area contributed by atoms with E-state index in [0.29, 0.717) is 24.2 Å². The molecular formula is C20H22N4O3. The Kier molecular flexibility index (Phi) is 4.73. The van der Waals surface area contributed by atoms with Gasteiger partial charge in [0.25, 0.3) is 0 Å². The number of aromatic amines is 1. The summed E-state index contributed by atoms with van der Waals surface area (Å²) in [5, 5.41) is 16.8. The van der Waals surface area contributed by atoms with E-state index in [2.05, 4.69) is 16.3 Å². The zero-order valence-corrected chi connectivity index (χ0v) is 15.2. The molecule has 0 amide bonds. The van der Waals surface area contributed by atoms with Gasteiger partial charge in [-0.15, -0.1) is 5.10 Å². The van der Waals surface area contributed by atoms with Gasteiger partial charge in [-0.25, -0.2) is 0 Å². The number of aromatic nitrogens is 2. The lowest BCUT2D eigenvalue weighted by Gasteiger charge is -2.24. The average molecular weight is 366 g/mol. The van der Waals surface area contributed by atoms with Crippen LogP contribution in [0.2, 0.25) is 0 Å². The Labute approximate surface area is 157 Å². The van der Waals surface area contributed by atoms with E-state index in [1.807, 2.05) is 24.3 Å². The number of benzene rings is 1. The SMILES string of the molecule is COCc1[nH]nc2c1C(c1ccc(OC3CCCC3)cc1)C(C#N)=C(N)O2. The van der Waals surface area contributed by atoms with Gasteiger partial charge in [0, 0.05) is 7.11 Å². The highest BCUT2D eigenvalue weighted by molar-refractivity contribution is 5.55. The molecule has 1 aromatic heterocycles. The highest BCUT2D eigenvalue weighted by atomic mass is 16.5. The van der Waals surface area contributed by atoms with Crippen molar-refractivity contribution in [1.82, 2.24) is 10.2 Å². The van der Waals surface area contributed by atoms with Crippen molar-refractivity contribution in [2.45, 2.75) is 44.3 Å². The molecular weight excluding hydrogens is 344 g/mol. The summed E-state index contributed by atoms with van der Waals surface area (Å²) in [6.07, 6.45) is 4.98. The van der Waals surface area contributed by atoms with Crippen molar-refractivity contribution in [2.24, 2.45) is 5.73 Å². The summed E-state index contributed by atoms with van der Waals surface area (Å²) in [7, 11) is 1.61. The second-order valence-corrected chi connectivity index (χ2v) is 6.87. The van der Waals surface area contributed by atoms with Gasteiger partial charge in [-0.1, -0.05) is 12.1 Å². The molecule has 7 nitrogen and oxygen atoms in total. The van der Waals surface area contributed by atoms with Crippen molar-refractivity contribution in [2.75, 3.05) is 7.11 Å². The van der Waals surface area contributed by atoms with E-state index in [1.165, 1.54) is 12.8 Å². The minimum Gasteiger partial charge on any atom is -0.490 e. The van der Waals surface area contributed by atoms with E-state index in [-0.39, 0.29) is 11.8 Å². The van der Waals surface area contributed by atoms with Gasteiger partial charge in [0.05, 0.1) is 29.9 Å². The third-order valence-electron chi connectivity index (χ3n) is 5.12. The van der Waals surface area contributed by atoms with Crippen LogP contribution in [0.1, 0.15) is 48.4 Å². The van der Waals surface area contributed by atoms with Gasteiger partial charge in [0.1, 0.15) is 17.4 Å². The minimum atomic E-state index is -0.358. The van der Waals surface area contributed by atoms with Crippen molar-refractivity contribution in [3.63, 3.8) is 0 Å². The molecule has 0 radical (unpaired) electrons. The topological polar surface area (TPSA) is 106 Å². The fourth-order valence-corrected chi connectivity index (χ4v) is 3.83. The summed E-state index contributed by atoms with van der Waals surface area (Å²) < 4.78 is 16.8. The molecule has 2 aliphatic rings. The Morgan fingerprint density at radius 1 is 1.30 bits per heavy atom. The van der Waals surface area contributed by atoms with E-state index < -0.39 is 0 Å². The lowest BCUT2D eigenvalue weighted by Crippen LogP contribution is -2.21. The number of hydrogen-bond acceptors (Lipinski definition) is 6. The van der Waals surface area contributed by atoms with Crippen LogP contribution >= 0.6 is 0 Å². The number of nitrogens with one attached hydrogen (secondary N) is 1. The van der Waals surface area contributed by atoms with Crippen LogP contribution in [-0.4, -0.2) is 23.4 Å². The molecule has 2 aromatic rings. The van der Waals surface area contributed by atoms with Gasteiger partial charge in [0.2, 0.25) is 11.8 Å². The molecule has 1 saturated carbocycles. The Hall–Kier alpha value is -2.98. The molecule has 0 bridgehead atoms. The molecule has 0 spiro atoms. The van der Waals surface area contributed by atoms with Crippen molar-refractivity contribution < 1.29 is 14.2 Å². The number of H-pyrrole nitrogens is 1. The molecule has 1 fully saturated rings. The molecule has 1 unspecified atom stereocenters. The first-order valence-electron chi connectivity index (χ1n) is 9.11. The first kappa shape index (κ1) is 17.4. The number of rotatable bonds is 5. The van der Waals surface area contributed by atoms with Crippen LogP contribution in [0.25, 0.3) is 0 Å². The summed E-state index contributed by atoms with van der Waals surface area (Å²) in [4.78, 5) is 0. The lowest BCUT2D eigenvalue weighted by atomic mass is 9.84. The van der Waals surface area contributed by atoms with E-state index in [0.717, 1.165) is 35.4 Å². The molecule has 1 aliphatic carbocycles. The Morgan fingerprint density at radius 3 is 2.70 bits per heavy atom. The van der Waals surface area contributed by atoms with Crippen molar-refractivity contribution in [1.29, 1.82) is 5.26 Å². The highest BCUT2D eigenvalue weighted by Gasteiger charge is 2.35. The van der Waals surface area contributed by atoms with E-state index in [1.54, 1.807) is 7.11 Å². The Balaban J connectivity index is 1.68. The quantitative estimate of drug-likeness (QED) is 0.842. The van der Waals surface area contributed by atoms with Crippen LogP contribution in [0, 0.1) is 11.3 Å². The second kappa shape index (κ2) is 7.33. The van der Waals surface area contributed by atoms with E-state index in [9.17, 15) is 5.26 Å². The smallest absolute Gasteiger partial charge is 0.244 e. The molecule has 27 heavy (non-hydrogen) atoms. The number of hydrogen-bond donors (Lipinski definition) is 2. The summed E-state index contributed by atoms with van der Waals surface area (Å²) in [5.74, 6) is 0.951. The minimum absolute atomic E-state index is 0.0803. The van der Waals surface area contributed by atoms with Crippen LogP contribution in [0.4, 0.5) is 0 Å². The van der Waals surface area contributed by atoms with E-state index in [4.69, 9.17) is 19.9 Å². The molecule has 140 valence electrons. The molecule has 2 heterocycles. The van der Waals surface area contributed by atoms with E-state index >= 15 is 0 Å². The second-order valence-electron chi connectivity index (χ2n) is 6.87. The van der Waals surface area contributed by atoms with Crippen molar-refractivity contribution in [3.05, 3.63) is 52.5 Å². The maximum atomic E-state index is 9.67. The molecule has 4 rings (SSSR count). The van der Waals surface area contributed by atoms with Crippen LogP contribution < -0.4 is 15.2 Å². The summed E-state index contributed by atoms with van der Waals surface area (Å²) >= 11 is 0. The maximum Gasteiger partial charge on any atom is 0.244 e. The first-order chi connectivity index (χ1) is 13.2. The first-order valence-corrected chi connectivity index (χ1v) is 9.11. The van der Waals surface area contributed by atoms with Gasteiger partial charge >= 0.3 is 0 Å². The zero-order valence-electron chi connectivity index (χ0n) is 15.2. The number of nitriles is 1. The lowest BCUT2D eigenvalue weighted by molar-refractivity contribution is 0.180. The number of fused-ring (bicyclic) bond motifs is 1. The van der Waals surface area contributed by atoms with Crippen LogP contribution in [0.15, 0.2) is 35.7 Å². The van der Waals surface area contributed by atoms with Crippen molar-refractivity contribution >= 4 is 0 Å². The standard InChI is InChI=1S/C20H22N4O3/c1-25-11-16-18-17(15(10-21)19(22)27-20(18)24-23-16)12-6-8-14(9-7-12)26-13-4-2-3-5-13/h6-9,13,17H,2-5,11,22H2,1H3,(H,23,24). The van der Waals surface area contributed by atoms with Gasteiger partial charge in [-0.05, 0) is 43.4 Å². The number of nitrogens with zero attached hydrogens (tertiary/aromatic N) is 2. The number of nitrogens with two attached hydrogens (primary N) is 1. The Morgan fingerprint density at radius 2 is 2.04 bits per heavy atom. The fourth-order valence-electron chi connectivity index (χ4n) is 3.83. The van der Waals surface area contributed by atoms with Gasteiger partial charge in [-0.3, -0.25) is 5.10 Å². The summed E-state index contributed by atoms with van der Waals surface area (Å²) in [6, 6.07) is 10.0. The number of methoxy groups -OCH3 is 1. The molecule has 1 aromatic carbocycles. The van der Waals surface area contributed by atoms with Crippen LogP contribution in [-0.2, 0) is 11.3 Å². The van der Waals surface area contributed by atoms with Gasteiger partial charge < -0.3 is 19.9 Å². The Bertz CT molecular complexity index is 889. The maximum absolute atomic E-state index is 9.67. The zero-order chi connectivity index (χ0) is 18.8. The average Bonchev–Trinajstić information content (AvgIpc) is 3.32. The molecule has 3 N–H and O–H groups in total. The predicted molar refractivity (Wildman–Crippen MR) is 97.9 cm³/mol. The highest BCUT2D eigenvalue weighted by Crippen LogP contribution is 2.43. The predicted octanol–water partition coefficient (Wildman–Crippen LogP) is 3.10. The van der Waals surface area contributed by atoms with Crippen molar-refractivity contribution in [3.8, 4) is 17.7 Å². The van der Waals surface area contributed by atoms with Gasteiger partial charge in [0.15, 0.2) is 0 Å². The molecule has 1 aliphatic heterocycles. The fraction of sp³-hybridized carbons (Fsp3) is 0.400. The van der Waals surface area contributed by atoms with Crippen LogP contribution in [0.5, 0.6) is 11.6 Å². The number of allylic oxidation sites excluding steroid dienone is 1. The third kappa shape index (κ3) is 3.24. The molecule has 7 heteroatoms. The summed E-state index contributed by atoms with van der Waals surface area (Å²) in [6.45, 7) is 0.337. The normalized spacial score (nSPS) is 19.5. The largest absolute Gasteiger partial charge is 0.490 e. The van der Waals surface area contributed by atoms with Gasteiger partial charge in [-0.2, -0.15) is 5.26 Å². The number of ether oxygens (including phenoxy) is 3. The molecule has 1 atom stereocenters. The van der Waals surface area contributed by atoms with Crippen LogP contribution in [0.3, 0.4) is 0 Å². The third-order valence-corrected chi connectivity index (χ3v) is 5.12. The molecule has 0 saturated heterocycles.